The average molecular weight is 288 g/mol. The van der Waals surface area contributed by atoms with Gasteiger partial charge < -0.3 is 5.32 Å². The zero-order valence-electron chi connectivity index (χ0n) is 13.2. The SMILES string of the molecule is Cn1cc(CCN2CC3(CCCC3)NCC2C2CC2)cn1. The molecule has 1 spiro atoms. The second-order valence-electron chi connectivity index (χ2n) is 7.52. The molecule has 1 unspecified atom stereocenters. The zero-order chi connectivity index (χ0) is 14.3. The van der Waals surface area contributed by atoms with E-state index in [1.54, 1.807) is 0 Å². The summed E-state index contributed by atoms with van der Waals surface area (Å²) in [7, 11) is 2.01. The zero-order valence-corrected chi connectivity index (χ0v) is 13.2. The summed E-state index contributed by atoms with van der Waals surface area (Å²) in [5, 5.41) is 8.24. The number of piperazine rings is 1. The highest BCUT2D eigenvalue weighted by Crippen LogP contribution is 2.40. The lowest BCUT2D eigenvalue weighted by Crippen LogP contribution is -2.63. The van der Waals surface area contributed by atoms with Crippen LogP contribution in [-0.4, -0.2) is 45.9 Å². The van der Waals surface area contributed by atoms with Crippen LogP contribution >= 0.6 is 0 Å². The minimum absolute atomic E-state index is 0.445. The molecule has 1 saturated heterocycles. The van der Waals surface area contributed by atoms with Crippen LogP contribution < -0.4 is 5.32 Å². The monoisotopic (exact) mass is 288 g/mol. The van der Waals surface area contributed by atoms with E-state index in [1.807, 2.05) is 17.9 Å². The molecule has 3 aliphatic rings. The van der Waals surface area contributed by atoms with Gasteiger partial charge in [0.15, 0.2) is 0 Å². The van der Waals surface area contributed by atoms with Gasteiger partial charge in [0.1, 0.15) is 0 Å². The molecule has 1 atom stereocenters. The van der Waals surface area contributed by atoms with E-state index in [1.165, 1.54) is 63.7 Å². The predicted molar refractivity (Wildman–Crippen MR) is 84.2 cm³/mol. The van der Waals surface area contributed by atoms with Crippen molar-refractivity contribution in [2.45, 2.75) is 56.5 Å². The quantitative estimate of drug-likeness (QED) is 0.919. The molecule has 0 bridgehead atoms. The second-order valence-corrected chi connectivity index (χ2v) is 7.52. The molecule has 2 heterocycles. The Morgan fingerprint density at radius 1 is 1.33 bits per heavy atom. The van der Waals surface area contributed by atoms with Gasteiger partial charge in [-0.15, -0.1) is 0 Å². The van der Waals surface area contributed by atoms with Gasteiger partial charge >= 0.3 is 0 Å². The molecule has 1 aromatic heterocycles. The molecule has 4 rings (SSSR count). The van der Waals surface area contributed by atoms with Crippen LogP contribution in [0.1, 0.15) is 44.1 Å². The van der Waals surface area contributed by atoms with Crippen molar-refractivity contribution in [3.63, 3.8) is 0 Å². The minimum atomic E-state index is 0.445. The lowest BCUT2D eigenvalue weighted by molar-refractivity contribution is 0.0702. The molecule has 2 saturated carbocycles. The number of aromatic nitrogens is 2. The number of hydrogen-bond donors (Lipinski definition) is 1. The Bertz CT molecular complexity index is 485. The summed E-state index contributed by atoms with van der Waals surface area (Å²) < 4.78 is 1.92. The summed E-state index contributed by atoms with van der Waals surface area (Å²) in [5.74, 6) is 0.963. The van der Waals surface area contributed by atoms with E-state index in [-0.39, 0.29) is 0 Å². The van der Waals surface area contributed by atoms with Crippen molar-refractivity contribution in [2.24, 2.45) is 13.0 Å². The fourth-order valence-corrected chi connectivity index (χ4v) is 4.46. The second kappa shape index (κ2) is 5.40. The lowest BCUT2D eigenvalue weighted by atomic mass is 9.91. The van der Waals surface area contributed by atoms with Crippen LogP contribution in [0.15, 0.2) is 12.4 Å². The van der Waals surface area contributed by atoms with Gasteiger partial charge in [-0.1, -0.05) is 12.8 Å². The van der Waals surface area contributed by atoms with Gasteiger partial charge in [0.25, 0.3) is 0 Å². The van der Waals surface area contributed by atoms with Crippen LogP contribution in [0, 0.1) is 5.92 Å². The van der Waals surface area contributed by atoms with E-state index in [2.05, 4.69) is 21.5 Å². The molecule has 1 aromatic rings. The van der Waals surface area contributed by atoms with Crippen LogP contribution in [0.4, 0.5) is 0 Å². The Balaban J connectivity index is 1.43. The first-order chi connectivity index (χ1) is 10.2. The topological polar surface area (TPSA) is 33.1 Å². The molecule has 0 amide bonds. The highest BCUT2D eigenvalue weighted by molar-refractivity contribution is 5.07. The van der Waals surface area contributed by atoms with Gasteiger partial charge in [0.05, 0.1) is 6.20 Å². The summed E-state index contributed by atoms with van der Waals surface area (Å²) in [6, 6.07) is 0.785. The molecule has 4 heteroatoms. The smallest absolute Gasteiger partial charge is 0.0522 e. The van der Waals surface area contributed by atoms with Gasteiger partial charge in [-0.25, -0.2) is 0 Å². The first-order valence-electron chi connectivity index (χ1n) is 8.71. The Morgan fingerprint density at radius 3 is 2.81 bits per heavy atom. The van der Waals surface area contributed by atoms with Gasteiger partial charge in [-0.05, 0) is 43.6 Å². The number of hydrogen-bond acceptors (Lipinski definition) is 3. The largest absolute Gasteiger partial charge is 0.308 e. The van der Waals surface area contributed by atoms with Crippen molar-refractivity contribution in [1.29, 1.82) is 0 Å². The van der Waals surface area contributed by atoms with E-state index >= 15 is 0 Å². The highest BCUT2D eigenvalue weighted by Gasteiger charge is 2.45. The Morgan fingerprint density at radius 2 is 2.14 bits per heavy atom. The first-order valence-corrected chi connectivity index (χ1v) is 8.71. The molecular formula is C17H28N4. The normalized spacial score (nSPS) is 29.3. The van der Waals surface area contributed by atoms with E-state index in [9.17, 15) is 0 Å². The molecule has 0 aromatic carbocycles. The van der Waals surface area contributed by atoms with Crippen molar-refractivity contribution in [2.75, 3.05) is 19.6 Å². The van der Waals surface area contributed by atoms with Crippen LogP contribution in [0.2, 0.25) is 0 Å². The molecule has 21 heavy (non-hydrogen) atoms. The Kier molecular flexibility index (Phi) is 3.54. The van der Waals surface area contributed by atoms with E-state index < -0.39 is 0 Å². The average Bonchev–Trinajstić information content (AvgIpc) is 3.09. The first kappa shape index (κ1) is 13.8. The van der Waals surface area contributed by atoms with Crippen molar-refractivity contribution >= 4 is 0 Å². The van der Waals surface area contributed by atoms with E-state index in [4.69, 9.17) is 0 Å². The Labute approximate surface area is 127 Å². The molecule has 116 valence electrons. The van der Waals surface area contributed by atoms with E-state index in [0.717, 1.165) is 18.4 Å². The lowest BCUT2D eigenvalue weighted by Gasteiger charge is -2.47. The third kappa shape index (κ3) is 2.88. The summed E-state index contributed by atoms with van der Waals surface area (Å²) in [6.07, 6.45) is 13.8. The van der Waals surface area contributed by atoms with Gasteiger partial charge in [-0.2, -0.15) is 5.10 Å². The van der Waals surface area contributed by atoms with Gasteiger partial charge in [-0.3, -0.25) is 9.58 Å². The number of nitrogens with zero attached hydrogens (tertiary/aromatic N) is 3. The van der Waals surface area contributed by atoms with Crippen LogP contribution in [0.3, 0.4) is 0 Å². The molecule has 1 N–H and O–H groups in total. The summed E-state index contributed by atoms with van der Waals surface area (Å²) in [6.45, 7) is 3.70. The number of nitrogens with one attached hydrogen (secondary N) is 1. The standard InChI is InChI=1S/C17H28N4/c1-20-12-14(10-19-20)6-9-21-13-17(7-2-3-8-17)18-11-16(21)15-4-5-15/h10,12,15-16,18H,2-9,11,13H2,1H3. The van der Waals surface area contributed by atoms with E-state index in [0.29, 0.717) is 5.54 Å². The molecule has 4 nitrogen and oxygen atoms in total. The van der Waals surface area contributed by atoms with Crippen molar-refractivity contribution in [3.05, 3.63) is 18.0 Å². The van der Waals surface area contributed by atoms with Crippen molar-refractivity contribution < 1.29 is 0 Å². The summed E-state index contributed by atoms with van der Waals surface area (Å²) in [5.41, 5.74) is 1.83. The summed E-state index contributed by atoms with van der Waals surface area (Å²) in [4.78, 5) is 2.81. The van der Waals surface area contributed by atoms with Crippen LogP contribution in [0.25, 0.3) is 0 Å². The third-order valence-corrected chi connectivity index (χ3v) is 5.83. The molecule has 3 fully saturated rings. The third-order valence-electron chi connectivity index (χ3n) is 5.83. The molecule has 0 radical (unpaired) electrons. The Hall–Kier alpha value is -0.870. The van der Waals surface area contributed by atoms with Crippen molar-refractivity contribution in [1.82, 2.24) is 20.0 Å². The molecular weight excluding hydrogens is 260 g/mol. The van der Waals surface area contributed by atoms with Crippen molar-refractivity contribution in [3.8, 4) is 0 Å². The maximum Gasteiger partial charge on any atom is 0.0522 e. The minimum Gasteiger partial charge on any atom is -0.308 e. The van der Waals surface area contributed by atoms with Crippen LogP contribution in [0.5, 0.6) is 0 Å². The highest BCUT2D eigenvalue weighted by atomic mass is 15.3. The predicted octanol–water partition coefficient (Wildman–Crippen LogP) is 1.96. The number of rotatable bonds is 4. The van der Waals surface area contributed by atoms with Crippen LogP contribution in [-0.2, 0) is 13.5 Å². The maximum absolute atomic E-state index is 4.30. The molecule has 1 aliphatic heterocycles. The fraction of sp³-hybridized carbons (Fsp3) is 0.824. The number of aryl methyl sites for hydroxylation is 1. The van der Waals surface area contributed by atoms with Gasteiger partial charge in [0.2, 0.25) is 0 Å². The molecule has 2 aliphatic carbocycles. The van der Waals surface area contributed by atoms with Gasteiger partial charge in [0, 0.05) is 44.5 Å². The fourth-order valence-electron chi connectivity index (χ4n) is 4.46. The maximum atomic E-state index is 4.30. The summed E-state index contributed by atoms with van der Waals surface area (Å²) >= 11 is 0.